The minimum Gasteiger partial charge on any atom is -0.454 e. The van der Waals surface area contributed by atoms with E-state index in [0.717, 1.165) is 11.1 Å². The SMILES string of the molecule is O=S1(=O)c2ccccc2[C@H](O)[C@@H](Cc2ccc3c(c2)OCO3)N1Cc1cccnc1. The Morgan fingerprint density at radius 2 is 1.87 bits per heavy atom. The van der Waals surface area contributed by atoms with Crippen molar-refractivity contribution in [1.82, 2.24) is 9.29 Å². The van der Waals surface area contributed by atoms with E-state index in [1.807, 2.05) is 18.2 Å². The van der Waals surface area contributed by atoms with Gasteiger partial charge in [-0.2, -0.15) is 4.31 Å². The summed E-state index contributed by atoms with van der Waals surface area (Å²) < 4.78 is 39.2. The second-order valence-electron chi connectivity index (χ2n) is 7.35. The van der Waals surface area contributed by atoms with Gasteiger partial charge in [0.2, 0.25) is 16.8 Å². The minimum absolute atomic E-state index is 0.122. The third kappa shape index (κ3) is 3.23. The zero-order valence-electron chi connectivity index (χ0n) is 16.0. The molecule has 7 nitrogen and oxygen atoms in total. The van der Waals surface area contributed by atoms with E-state index in [1.54, 1.807) is 48.8 Å². The quantitative estimate of drug-likeness (QED) is 0.693. The van der Waals surface area contributed by atoms with E-state index in [4.69, 9.17) is 9.47 Å². The summed E-state index contributed by atoms with van der Waals surface area (Å²) >= 11 is 0. The van der Waals surface area contributed by atoms with E-state index in [2.05, 4.69) is 4.98 Å². The molecule has 0 unspecified atom stereocenters. The summed E-state index contributed by atoms with van der Waals surface area (Å²) in [5.41, 5.74) is 2.03. The number of pyridine rings is 1. The van der Waals surface area contributed by atoms with Crippen LogP contribution in [-0.2, 0) is 23.0 Å². The normalized spacial score (nSPS) is 21.9. The van der Waals surface area contributed by atoms with E-state index >= 15 is 0 Å². The molecule has 2 aliphatic rings. The van der Waals surface area contributed by atoms with Crippen molar-refractivity contribution >= 4 is 10.0 Å². The second-order valence-corrected chi connectivity index (χ2v) is 9.21. The van der Waals surface area contributed by atoms with Crippen LogP contribution >= 0.6 is 0 Å². The third-order valence-electron chi connectivity index (χ3n) is 5.50. The molecule has 0 bridgehead atoms. The molecule has 8 heteroatoms. The molecule has 2 aliphatic heterocycles. The Hall–Kier alpha value is -2.94. The first kappa shape index (κ1) is 19.0. The van der Waals surface area contributed by atoms with Gasteiger partial charge in [0.25, 0.3) is 0 Å². The molecule has 0 fully saturated rings. The van der Waals surface area contributed by atoms with Gasteiger partial charge in [0.15, 0.2) is 11.5 Å². The molecular weight excluding hydrogens is 404 g/mol. The number of aliphatic hydroxyl groups is 1. The molecule has 0 radical (unpaired) electrons. The first-order valence-corrected chi connectivity index (χ1v) is 11.0. The maximum Gasteiger partial charge on any atom is 0.244 e. The molecule has 154 valence electrons. The fourth-order valence-corrected chi connectivity index (χ4v) is 5.88. The average molecular weight is 424 g/mol. The molecule has 0 amide bonds. The number of nitrogens with zero attached hydrogens (tertiary/aromatic N) is 2. The maximum absolute atomic E-state index is 13.5. The predicted molar refractivity (Wildman–Crippen MR) is 108 cm³/mol. The highest BCUT2D eigenvalue weighted by molar-refractivity contribution is 7.89. The van der Waals surface area contributed by atoms with Gasteiger partial charge in [-0.1, -0.05) is 30.3 Å². The number of aliphatic hydroxyl groups excluding tert-OH is 1. The Morgan fingerprint density at radius 3 is 2.70 bits per heavy atom. The van der Waals surface area contributed by atoms with Gasteiger partial charge in [0, 0.05) is 24.5 Å². The van der Waals surface area contributed by atoms with Gasteiger partial charge >= 0.3 is 0 Å². The molecule has 5 rings (SSSR count). The maximum atomic E-state index is 13.5. The predicted octanol–water partition coefficient (Wildman–Crippen LogP) is 2.66. The van der Waals surface area contributed by atoms with Crippen LogP contribution in [0.15, 0.2) is 71.9 Å². The van der Waals surface area contributed by atoms with Crippen molar-refractivity contribution in [2.24, 2.45) is 0 Å². The lowest BCUT2D eigenvalue weighted by molar-refractivity contribution is 0.0769. The molecule has 30 heavy (non-hydrogen) atoms. The molecule has 0 spiro atoms. The summed E-state index contributed by atoms with van der Waals surface area (Å²) in [5, 5.41) is 11.2. The molecule has 0 saturated heterocycles. The van der Waals surface area contributed by atoms with Crippen molar-refractivity contribution in [3.63, 3.8) is 0 Å². The second kappa shape index (κ2) is 7.39. The number of sulfonamides is 1. The van der Waals surface area contributed by atoms with E-state index < -0.39 is 22.2 Å². The van der Waals surface area contributed by atoms with Crippen molar-refractivity contribution in [1.29, 1.82) is 0 Å². The zero-order valence-corrected chi connectivity index (χ0v) is 16.8. The number of benzene rings is 2. The molecule has 0 aliphatic carbocycles. The Kier molecular flexibility index (Phi) is 4.69. The number of hydrogen-bond donors (Lipinski definition) is 1. The molecule has 1 N–H and O–H groups in total. The number of rotatable bonds is 4. The monoisotopic (exact) mass is 424 g/mol. The van der Waals surface area contributed by atoms with Crippen LogP contribution in [0.2, 0.25) is 0 Å². The summed E-state index contributed by atoms with van der Waals surface area (Å²) in [5.74, 6) is 1.29. The highest BCUT2D eigenvalue weighted by Crippen LogP contribution is 2.40. The van der Waals surface area contributed by atoms with Crippen LogP contribution in [0.25, 0.3) is 0 Å². The summed E-state index contributed by atoms with van der Waals surface area (Å²) in [6.07, 6.45) is 2.64. The van der Waals surface area contributed by atoms with Gasteiger partial charge in [-0.05, 0) is 41.8 Å². The standard InChI is InChI=1S/C22H20N2O5S/c25-22-17-5-1-2-6-21(17)30(26,27)24(13-16-4-3-9-23-12-16)18(22)10-15-7-8-19-20(11-15)29-14-28-19/h1-9,11-12,18,22,25H,10,13-14H2/t18-,22+/m1/s1. The van der Waals surface area contributed by atoms with Gasteiger partial charge in [-0.15, -0.1) is 0 Å². The van der Waals surface area contributed by atoms with Crippen LogP contribution in [0, 0.1) is 0 Å². The fraction of sp³-hybridized carbons (Fsp3) is 0.227. The Morgan fingerprint density at radius 1 is 1.03 bits per heavy atom. The van der Waals surface area contributed by atoms with E-state index in [-0.39, 0.29) is 18.2 Å². The molecule has 3 heterocycles. The number of ether oxygens (including phenoxy) is 2. The lowest BCUT2D eigenvalue weighted by Gasteiger charge is -2.39. The summed E-state index contributed by atoms with van der Waals surface area (Å²) in [7, 11) is -3.81. The lowest BCUT2D eigenvalue weighted by atomic mass is 9.95. The van der Waals surface area contributed by atoms with Crippen molar-refractivity contribution < 1.29 is 23.0 Å². The van der Waals surface area contributed by atoms with Crippen molar-refractivity contribution in [3.8, 4) is 11.5 Å². The Bertz CT molecular complexity index is 1180. The van der Waals surface area contributed by atoms with Crippen molar-refractivity contribution in [2.75, 3.05) is 6.79 Å². The largest absolute Gasteiger partial charge is 0.454 e. The van der Waals surface area contributed by atoms with Crippen LogP contribution in [0.4, 0.5) is 0 Å². The highest BCUT2D eigenvalue weighted by Gasteiger charge is 2.43. The summed E-state index contributed by atoms with van der Waals surface area (Å²) in [6.45, 7) is 0.288. The van der Waals surface area contributed by atoms with Crippen LogP contribution in [0.3, 0.4) is 0 Å². The molecule has 0 saturated carbocycles. The number of hydrogen-bond acceptors (Lipinski definition) is 6. The molecule has 3 aromatic rings. The zero-order chi connectivity index (χ0) is 20.7. The Balaban J connectivity index is 1.57. The molecular formula is C22H20N2O5S. The van der Waals surface area contributed by atoms with Gasteiger partial charge in [0.05, 0.1) is 17.0 Å². The molecule has 2 atom stereocenters. The number of aromatic nitrogens is 1. The van der Waals surface area contributed by atoms with Crippen LogP contribution in [0.1, 0.15) is 22.8 Å². The van der Waals surface area contributed by atoms with E-state index in [9.17, 15) is 13.5 Å². The van der Waals surface area contributed by atoms with Crippen molar-refractivity contribution in [2.45, 2.75) is 30.0 Å². The summed E-state index contributed by atoms with van der Waals surface area (Å²) in [4.78, 5) is 4.24. The Labute approximate surface area is 174 Å². The van der Waals surface area contributed by atoms with Crippen molar-refractivity contribution in [3.05, 3.63) is 83.7 Å². The van der Waals surface area contributed by atoms with Crippen LogP contribution in [0.5, 0.6) is 11.5 Å². The number of fused-ring (bicyclic) bond motifs is 2. The third-order valence-corrected chi connectivity index (χ3v) is 7.45. The van der Waals surface area contributed by atoms with Gasteiger partial charge < -0.3 is 14.6 Å². The lowest BCUT2D eigenvalue weighted by Crippen LogP contribution is -2.48. The molecule has 2 aromatic carbocycles. The fourth-order valence-electron chi connectivity index (χ4n) is 4.03. The first-order valence-electron chi connectivity index (χ1n) is 9.60. The van der Waals surface area contributed by atoms with Crippen LogP contribution < -0.4 is 9.47 Å². The van der Waals surface area contributed by atoms with E-state index in [1.165, 1.54) is 4.31 Å². The van der Waals surface area contributed by atoms with Crippen LogP contribution in [-0.4, -0.2) is 35.6 Å². The highest BCUT2D eigenvalue weighted by atomic mass is 32.2. The van der Waals surface area contributed by atoms with Gasteiger partial charge in [0.1, 0.15) is 0 Å². The van der Waals surface area contributed by atoms with Gasteiger partial charge in [-0.25, -0.2) is 8.42 Å². The smallest absolute Gasteiger partial charge is 0.244 e. The summed E-state index contributed by atoms with van der Waals surface area (Å²) in [6, 6.07) is 15.1. The average Bonchev–Trinajstić information content (AvgIpc) is 3.23. The van der Waals surface area contributed by atoms with Gasteiger partial charge in [-0.3, -0.25) is 4.98 Å². The first-order chi connectivity index (χ1) is 14.5. The topological polar surface area (TPSA) is 89.0 Å². The van der Waals surface area contributed by atoms with E-state index in [0.29, 0.717) is 23.5 Å². The minimum atomic E-state index is -3.81. The molecule has 1 aromatic heterocycles.